The van der Waals surface area contributed by atoms with Gasteiger partial charge in [0.1, 0.15) is 0 Å². The van der Waals surface area contributed by atoms with Crippen LogP contribution in [-0.4, -0.2) is 18.9 Å². The van der Waals surface area contributed by atoms with Crippen LogP contribution < -0.4 is 14.9 Å². The molecule has 1 amide bonds. The highest BCUT2D eigenvalue weighted by Gasteiger charge is 2.29. The number of hydrazone groups is 1. The number of hydrogen-bond donors (Lipinski definition) is 1. The number of amides is 1. The van der Waals surface area contributed by atoms with E-state index in [9.17, 15) is 4.79 Å². The molecule has 1 aliphatic heterocycles. The number of ether oxygens (including phenoxy) is 2. The van der Waals surface area contributed by atoms with Crippen LogP contribution in [0.25, 0.3) is 0 Å². The molecule has 0 saturated heterocycles. The molecular weight excluding hydrogens is 300 g/mol. The fourth-order valence-electron chi connectivity index (χ4n) is 1.63. The van der Waals surface area contributed by atoms with Crippen molar-refractivity contribution in [1.82, 2.24) is 5.43 Å². The molecule has 1 aromatic carbocycles. The Hall–Kier alpha value is -1.56. The third kappa shape index (κ3) is 2.33. The second-order valence-electron chi connectivity index (χ2n) is 4.24. The standard InChI is InChI=1S/C12H11BrN2O3/c13-9-4-11-10(17-6-18-11)3-8(9)5-14-15-12(16)7-1-2-7/h3-5,7H,1-2,6H2,(H,15,16)/b14-5-. The molecular formula is C12H11BrN2O3. The van der Waals surface area contributed by atoms with Gasteiger partial charge in [-0.05, 0) is 40.9 Å². The summed E-state index contributed by atoms with van der Waals surface area (Å²) in [5, 5.41) is 3.94. The minimum absolute atomic E-state index is 0.0110. The lowest BCUT2D eigenvalue weighted by molar-refractivity contribution is -0.122. The van der Waals surface area contributed by atoms with Crippen LogP contribution in [0.1, 0.15) is 18.4 Å². The van der Waals surface area contributed by atoms with Gasteiger partial charge in [-0.25, -0.2) is 5.43 Å². The lowest BCUT2D eigenvalue weighted by atomic mass is 10.2. The monoisotopic (exact) mass is 310 g/mol. The molecule has 1 aliphatic carbocycles. The predicted octanol–water partition coefficient (Wildman–Crippen LogP) is 2.04. The molecule has 1 fully saturated rings. The second kappa shape index (κ2) is 4.61. The fraction of sp³-hybridized carbons (Fsp3) is 0.333. The van der Waals surface area contributed by atoms with E-state index in [4.69, 9.17) is 9.47 Å². The summed E-state index contributed by atoms with van der Waals surface area (Å²) in [6.07, 6.45) is 3.52. The summed E-state index contributed by atoms with van der Waals surface area (Å²) in [5.41, 5.74) is 3.35. The molecule has 1 saturated carbocycles. The lowest BCUT2D eigenvalue weighted by Gasteiger charge is -2.01. The van der Waals surface area contributed by atoms with Gasteiger partial charge in [-0.2, -0.15) is 5.10 Å². The van der Waals surface area contributed by atoms with Crippen LogP contribution in [0.2, 0.25) is 0 Å². The van der Waals surface area contributed by atoms with E-state index in [1.165, 1.54) is 0 Å². The number of nitrogens with zero attached hydrogens (tertiary/aromatic N) is 1. The molecule has 0 radical (unpaired) electrons. The number of nitrogens with one attached hydrogen (secondary N) is 1. The largest absolute Gasteiger partial charge is 0.454 e. The summed E-state index contributed by atoms with van der Waals surface area (Å²) in [7, 11) is 0. The molecule has 5 nitrogen and oxygen atoms in total. The number of halogens is 1. The highest BCUT2D eigenvalue weighted by atomic mass is 79.9. The maximum Gasteiger partial charge on any atom is 0.243 e. The molecule has 3 rings (SSSR count). The minimum Gasteiger partial charge on any atom is -0.454 e. The summed E-state index contributed by atoms with van der Waals surface area (Å²) in [6, 6.07) is 3.64. The van der Waals surface area contributed by atoms with Gasteiger partial charge < -0.3 is 9.47 Å². The lowest BCUT2D eigenvalue weighted by Crippen LogP contribution is -2.18. The van der Waals surface area contributed by atoms with E-state index < -0.39 is 0 Å². The molecule has 0 spiro atoms. The summed E-state index contributed by atoms with van der Waals surface area (Å²) in [4.78, 5) is 11.4. The van der Waals surface area contributed by atoms with Crippen molar-refractivity contribution in [2.45, 2.75) is 12.8 Å². The van der Waals surface area contributed by atoms with Gasteiger partial charge >= 0.3 is 0 Å². The quantitative estimate of drug-likeness (QED) is 0.686. The van der Waals surface area contributed by atoms with E-state index in [-0.39, 0.29) is 18.6 Å². The van der Waals surface area contributed by atoms with Gasteiger partial charge in [0.2, 0.25) is 12.7 Å². The van der Waals surface area contributed by atoms with E-state index >= 15 is 0 Å². The van der Waals surface area contributed by atoms with Crippen LogP contribution in [0.3, 0.4) is 0 Å². The van der Waals surface area contributed by atoms with Gasteiger partial charge in [0.15, 0.2) is 11.5 Å². The topological polar surface area (TPSA) is 59.9 Å². The van der Waals surface area contributed by atoms with Gasteiger partial charge in [0.05, 0.1) is 6.21 Å². The molecule has 0 bridgehead atoms. The zero-order chi connectivity index (χ0) is 12.5. The average Bonchev–Trinajstić information content (AvgIpc) is 3.10. The summed E-state index contributed by atoms with van der Waals surface area (Å²) >= 11 is 3.42. The Balaban J connectivity index is 1.71. The van der Waals surface area contributed by atoms with Gasteiger partial charge in [-0.1, -0.05) is 0 Å². The molecule has 1 heterocycles. The van der Waals surface area contributed by atoms with E-state index in [1.54, 1.807) is 6.21 Å². The summed E-state index contributed by atoms with van der Waals surface area (Å²) in [6.45, 7) is 0.237. The van der Waals surface area contributed by atoms with Gasteiger partial charge in [0.25, 0.3) is 0 Å². The molecule has 94 valence electrons. The third-order valence-electron chi connectivity index (χ3n) is 2.82. The first kappa shape index (κ1) is 11.5. The van der Waals surface area contributed by atoms with Crippen LogP contribution in [0.15, 0.2) is 21.7 Å². The Kier molecular flexibility index (Phi) is 2.95. The molecule has 2 aliphatic rings. The normalized spacial score (nSPS) is 17.2. The van der Waals surface area contributed by atoms with Crippen molar-refractivity contribution in [3.8, 4) is 11.5 Å². The molecule has 0 aromatic heterocycles. The first-order chi connectivity index (χ1) is 8.74. The predicted molar refractivity (Wildman–Crippen MR) is 68.7 cm³/mol. The van der Waals surface area contributed by atoms with E-state index in [0.29, 0.717) is 11.5 Å². The van der Waals surface area contributed by atoms with Crippen LogP contribution in [0.5, 0.6) is 11.5 Å². The molecule has 6 heteroatoms. The van der Waals surface area contributed by atoms with Crippen molar-refractivity contribution in [3.05, 3.63) is 22.2 Å². The zero-order valence-electron chi connectivity index (χ0n) is 9.48. The molecule has 18 heavy (non-hydrogen) atoms. The number of benzene rings is 1. The van der Waals surface area contributed by atoms with E-state index in [0.717, 1.165) is 22.9 Å². The molecule has 1 aromatic rings. The SMILES string of the molecule is O=C(N/N=C\c1cc2c(cc1Br)OCO2)C1CC1. The number of rotatable bonds is 3. The Labute approximate surface area is 112 Å². The molecule has 0 unspecified atom stereocenters. The smallest absolute Gasteiger partial charge is 0.243 e. The number of fused-ring (bicyclic) bond motifs is 1. The van der Waals surface area contributed by atoms with Crippen molar-refractivity contribution in [2.24, 2.45) is 11.0 Å². The number of carbonyl (C=O) groups is 1. The number of carbonyl (C=O) groups excluding carboxylic acids is 1. The Morgan fingerprint density at radius 2 is 2.11 bits per heavy atom. The first-order valence-electron chi connectivity index (χ1n) is 5.66. The molecule has 0 atom stereocenters. The van der Waals surface area contributed by atoms with Gasteiger partial charge in [-0.3, -0.25) is 4.79 Å². The average molecular weight is 311 g/mol. The Morgan fingerprint density at radius 3 is 2.83 bits per heavy atom. The second-order valence-corrected chi connectivity index (χ2v) is 5.09. The first-order valence-corrected chi connectivity index (χ1v) is 6.45. The Morgan fingerprint density at radius 1 is 1.39 bits per heavy atom. The van der Waals surface area contributed by atoms with Crippen molar-refractivity contribution in [2.75, 3.05) is 6.79 Å². The highest BCUT2D eigenvalue weighted by molar-refractivity contribution is 9.10. The van der Waals surface area contributed by atoms with Crippen molar-refractivity contribution in [3.63, 3.8) is 0 Å². The van der Waals surface area contributed by atoms with Crippen molar-refractivity contribution >= 4 is 28.1 Å². The highest BCUT2D eigenvalue weighted by Crippen LogP contribution is 2.36. The number of hydrogen-bond acceptors (Lipinski definition) is 4. The van der Waals surface area contributed by atoms with Crippen LogP contribution in [0.4, 0.5) is 0 Å². The summed E-state index contributed by atoms with van der Waals surface area (Å²) < 4.78 is 11.4. The maximum absolute atomic E-state index is 11.4. The third-order valence-corrected chi connectivity index (χ3v) is 3.51. The zero-order valence-corrected chi connectivity index (χ0v) is 11.1. The van der Waals surface area contributed by atoms with Crippen LogP contribution in [-0.2, 0) is 4.79 Å². The van der Waals surface area contributed by atoms with E-state index in [2.05, 4.69) is 26.5 Å². The van der Waals surface area contributed by atoms with Gasteiger partial charge in [0, 0.05) is 16.0 Å². The fourth-order valence-corrected chi connectivity index (χ4v) is 2.06. The molecule has 1 N–H and O–H groups in total. The maximum atomic E-state index is 11.4. The van der Waals surface area contributed by atoms with Crippen molar-refractivity contribution < 1.29 is 14.3 Å². The van der Waals surface area contributed by atoms with Gasteiger partial charge in [-0.15, -0.1) is 0 Å². The Bertz CT molecular complexity index is 526. The minimum atomic E-state index is -0.0110. The van der Waals surface area contributed by atoms with Crippen LogP contribution >= 0.6 is 15.9 Å². The van der Waals surface area contributed by atoms with Crippen LogP contribution in [0, 0.1) is 5.92 Å². The van der Waals surface area contributed by atoms with E-state index in [1.807, 2.05) is 12.1 Å². The van der Waals surface area contributed by atoms with Crippen molar-refractivity contribution in [1.29, 1.82) is 0 Å². The summed E-state index contributed by atoms with van der Waals surface area (Å²) in [5.74, 6) is 1.54.